The lowest BCUT2D eigenvalue weighted by Crippen LogP contribution is -2.26. The van der Waals surface area contributed by atoms with E-state index in [2.05, 4.69) is 24.4 Å². The first-order valence-electron chi connectivity index (χ1n) is 17.6. The highest BCUT2D eigenvalue weighted by atomic mass is 32.1. The van der Waals surface area contributed by atoms with Gasteiger partial charge in [-0.15, -0.1) is 0 Å². The van der Waals surface area contributed by atoms with Crippen molar-refractivity contribution in [2.75, 3.05) is 144 Å². The third-order valence-electron chi connectivity index (χ3n) is 6.87. The zero-order chi connectivity index (χ0) is 38.3. The van der Waals surface area contributed by atoms with Gasteiger partial charge in [-0.25, -0.2) is 13.6 Å². The van der Waals surface area contributed by atoms with E-state index in [4.69, 9.17) is 47.4 Å². The van der Waals surface area contributed by atoms with Gasteiger partial charge in [0.2, 0.25) is 0 Å². The van der Waals surface area contributed by atoms with Crippen molar-refractivity contribution in [3.05, 3.63) is 53.6 Å². The van der Waals surface area contributed by atoms with Crippen molar-refractivity contribution in [1.29, 1.82) is 0 Å². The molecule has 4 rings (SSSR count). The summed E-state index contributed by atoms with van der Waals surface area (Å²) in [5, 5.41) is 5.92. The van der Waals surface area contributed by atoms with Crippen LogP contribution in [-0.2, 0) is 47.4 Å². The highest BCUT2D eigenvalue weighted by molar-refractivity contribution is 7.00. The van der Waals surface area contributed by atoms with Gasteiger partial charge in [-0.2, -0.15) is 8.75 Å². The molecule has 2 heterocycles. The molecule has 3 aromatic rings. The van der Waals surface area contributed by atoms with Crippen LogP contribution in [0.4, 0.5) is 14.5 Å². The van der Waals surface area contributed by atoms with Crippen molar-refractivity contribution in [1.82, 2.24) is 14.1 Å². The van der Waals surface area contributed by atoms with Crippen LogP contribution in [-0.4, -0.2) is 160 Å². The van der Waals surface area contributed by atoms with Crippen LogP contribution in [0.1, 0.15) is 10.4 Å². The number of carbonyl (C=O) groups excluding carboxylic acids is 1. The predicted molar refractivity (Wildman–Crippen MR) is 196 cm³/mol. The van der Waals surface area contributed by atoms with Crippen LogP contribution in [0.2, 0.25) is 0 Å². The minimum atomic E-state index is -0.516. The average molecular weight is 788 g/mol. The van der Waals surface area contributed by atoms with Gasteiger partial charge < -0.3 is 58.0 Å². The largest absolute Gasteiger partial charge is 0.460 e. The number of methoxy groups -OCH3 is 1. The Labute approximate surface area is 318 Å². The van der Waals surface area contributed by atoms with E-state index >= 15 is 0 Å². The Bertz CT molecular complexity index is 1440. The summed E-state index contributed by atoms with van der Waals surface area (Å²) >= 11 is 1.07. The number of aromatic nitrogens is 2. The molecule has 0 spiro atoms. The van der Waals surface area contributed by atoms with Gasteiger partial charge in [-0.05, 0) is 36.4 Å². The van der Waals surface area contributed by atoms with Gasteiger partial charge in [0.05, 0.1) is 136 Å². The molecule has 1 aromatic heterocycles. The van der Waals surface area contributed by atoms with Gasteiger partial charge in [0.25, 0.3) is 0 Å². The maximum Gasteiger partial charge on any atom is 0.338 e. The summed E-state index contributed by atoms with van der Waals surface area (Å²) in [5.41, 5.74) is 1.86. The Morgan fingerprint density at radius 2 is 1.15 bits per heavy atom. The molecule has 0 atom stereocenters. The van der Waals surface area contributed by atoms with Gasteiger partial charge in [0, 0.05) is 13.7 Å². The molecular weight excluding hydrogens is 736 g/mol. The van der Waals surface area contributed by atoms with Crippen LogP contribution >= 0.6 is 11.7 Å². The Kier molecular flexibility index (Phi) is 24.8. The lowest BCUT2D eigenvalue weighted by atomic mass is 10.2. The topological polar surface area (TPSA) is 172 Å². The average Bonchev–Trinajstić information content (AvgIpc) is 3.89. The number of hydrogen-bond donors (Lipinski definition) is 2. The van der Waals surface area contributed by atoms with Crippen LogP contribution in [0.3, 0.4) is 0 Å². The summed E-state index contributed by atoms with van der Waals surface area (Å²) in [7, 11) is 1.64. The molecule has 0 unspecified atom stereocenters. The number of ether oxygens (including phenoxy) is 10. The second-order valence-electron chi connectivity index (χ2n) is 10.9. The molecule has 0 fully saturated rings. The maximum atomic E-state index is 13.6. The number of aliphatic imine (C=N–C) groups is 1. The lowest BCUT2D eigenvalue weighted by Gasteiger charge is -2.09. The molecule has 0 aliphatic carbocycles. The summed E-state index contributed by atoms with van der Waals surface area (Å²) in [6, 6.07) is 8.15. The second-order valence-corrected chi connectivity index (χ2v) is 11.4. The molecule has 54 heavy (non-hydrogen) atoms. The van der Waals surface area contributed by atoms with Gasteiger partial charge in [0.15, 0.2) is 5.96 Å². The number of nitrogens with one attached hydrogen (secondary N) is 2. The molecule has 1 aliphatic heterocycles. The van der Waals surface area contributed by atoms with E-state index in [-0.39, 0.29) is 19.0 Å². The first-order chi connectivity index (χ1) is 26.6. The first kappa shape index (κ1) is 44.9. The van der Waals surface area contributed by atoms with Crippen LogP contribution in [0, 0.1) is 11.6 Å². The summed E-state index contributed by atoms with van der Waals surface area (Å²) in [4.78, 5) is 15.9. The van der Waals surface area contributed by atoms with Gasteiger partial charge in [0.1, 0.15) is 35.0 Å². The maximum absolute atomic E-state index is 13.6. The number of esters is 1. The number of hydrogen-bond acceptors (Lipinski definition) is 17. The fourth-order valence-electron chi connectivity index (χ4n) is 4.19. The lowest BCUT2D eigenvalue weighted by molar-refractivity contribution is -0.0253. The Hall–Kier alpha value is -3.50. The number of benzene rings is 2. The highest BCUT2D eigenvalue weighted by Crippen LogP contribution is 2.24. The quantitative estimate of drug-likeness (QED) is 0.0777. The fourth-order valence-corrected chi connectivity index (χ4v) is 4.73. The number of nitrogens with zero attached hydrogens (tertiary/aromatic N) is 3. The SMILES string of the molecule is COCCOCCOCCOCCOCCOCCOCCOCCOCCOC(=O)c1ccc(F)cc1.Fc1ccc2nsnc2c1NC1=NCCN1. The third-order valence-corrected chi connectivity index (χ3v) is 7.41. The summed E-state index contributed by atoms with van der Waals surface area (Å²) in [6.07, 6.45) is 0. The smallest absolute Gasteiger partial charge is 0.338 e. The molecule has 302 valence electrons. The van der Waals surface area contributed by atoms with Gasteiger partial charge in [-0.1, -0.05) is 0 Å². The molecule has 1 aliphatic rings. The summed E-state index contributed by atoms with van der Waals surface area (Å²) in [5.74, 6) is -0.688. The van der Waals surface area contributed by atoms with Crippen molar-refractivity contribution >= 4 is 40.4 Å². The third kappa shape index (κ3) is 20.3. The van der Waals surface area contributed by atoms with Gasteiger partial charge >= 0.3 is 5.97 Å². The zero-order valence-corrected chi connectivity index (χ0v) is 31.4. The Morgan fingerprint density at radius 3 is 1.61 bits per heavy atom. The molecule has 0 saturated heterocycles. The van der Waals surface area contributed by atoms with E-state index in [1.165, 1.54) is 30.3 Å². The number of halogens is 2. The fraction of sp³-hybridized carbons (Fsp3) is 0.600. The standard InChI is InChI=1S/C26H43FO11.C9H8FN5S/c1-29-6-7-30-8-9-31-10-11-32-12-13-33-14-15-34-16-17-35-18-19-36-20-21-37-22-23-38-26(28)24-2-4-25(27)5-3-24;10-5-1-2-6-8(15-16-14-6)7(5)13-9-11-3-4-12-9/h2-5H,6-23H2,1H3;1-2H,3-4H2,(H2,11,12,13). The van der Waals surface area contributed by atoms with E-state index in [1.54, 1.807) is 13.2 Å². The molecule has 2 aromatic carbocycles. The highest BCUT2D eigenvalue weighted by Gasteiger charge is 2.14. The Morgan fingerprint density at radius 1 is 0.667 bits per heavy atom. The molecular formula is C35H51F2N5O11S. The van der Waals surface area contributed by atoms with Gasteiger partial charge in [-0.3, -0.25) is 4.99 Å². The van der Waals surface area contributed by atoms with Crippen molar-refractivity contribution in [3.8, 4) is 0 Å². The number of rotatable bonds is 29. The van der Waals surface area contributed by atoms with Crippen LogP contribution < -0.4 is 10.6 Å². The van der Waals surface area contributed by atoms with Crippen LogP contribution in [0.15, 0.2) is 41.4 Å². The molecule has 0 bridgehead atoms. The van der Waals surface area contributed by atoms with Crippen molar-refractivity contribution in [2.45, 2.75) is 0 Å². The normalized spacial score (nSPS) is 12.3. The molecule has 0 radical (unpaired) electrons. The molecule has 16 nitrogen and oxygen atoms in total. The molecule has 0 amide bonds. The van der Waals surface area contributed by atoms with Crippen molar-refractivity contribution in [2.24, 2.45) is 4.99 Å². The molecule has 0 saturated carbocycles. The summed E-state index contributed by atoms with van der Waals surface area (Å²) in [6.45, 7) is 9.75. The molecule has 19 heteroatoms. The number of anilines is 1. The van der Waals surface area contributed by atoms with E-state index < -0.39 is 11.8 Å². The molecule has 2 N–H and O–H groups in total. The monoisotopic (exact) mass is 787 g/mol. The summed E-state index contributed by atoms with van der Waals surface area (Å²) < 4.78 is 87.6. The number of guanidine groups is 1. The second kappa shape index (κ2) is 29.8. The zero-order valence-electron chi connectivity index (χ0n) is 30.6. The van der Waals surface area contributed by atoms with Crippen LogP contribution in [0.5, 0.6) is 0 Å². The number of fused-ring (bicyclic) bond motifs is 1. The first-order valence-corrected chi connectivity index (χ1v) is 18.3. The van der Waals surface area contributed by atoms with Crippen molar-refractivity contribution < 1.29 is 60.9 Å². The predicted octanol–water partition coefficient (Wildman–Crippen LogP) is 2.96. The van der Waals surface area contributed by atoms with Crippen LogP contribution in [0.25, 0.3) is 11.0 Å². The van der Waals surface area contributed by atoms with E-state index in [0.717, 1.165) is 18.3 Å². The van der Waals surface area contributed by atoms with E-state index in [9.17, 15) is 13.6 Å². The number of carbonyl (C=O) groups is 1. The van der Waals surface area contributed by atoms with E-state index in [1.807, 2.05) is 0 Å². The minimum absolute atomic E-state index is 0.112. The van der Waals surface area contributed by atoms with Crippen molar-refractivity contribution in [3.63, 3.8) is 0 Å². The minimum Gasteiger partial charge on any atom is -0.460 e. The van der Waals surface area contributed by atoms with E-state index in [0.29, 0.717) is 140 Å². The Balaban J connectivity index is 0.000000399.